The molecule has 4 heteroatoms. The highest BCUT2D eigenvalue weighted by molar-refractivity contribution is 5.78. The standard InChI is InChI=1S/C16H33N3O/c1-6-17-11-14(4)16(20)19-9-7-15(8-10-19)12-18(5)13(2)3/h13-15,17H,6-12H2,1-5H3. The Bertz CT molecular complexity index is 285. The highest BCUT2D eigenvalue weighted by Gasteiger charge is 2.26. The van der Waals surface area contributed by atoms with Gasteiger partial charge in [-0.2, -0.15) is 0 Å². The molecule has 1 unspecified atom stereocenters. The van der Waals surface area contributed by atoms with Gasteiger partial charge in [0.2, 0.25) is 5.91 Å². The molecule has 1 aliphatic heterocycles. The van der Waals surface area contributed by atoms with Crippen LogP contribution in [0.2, 0.25) is 0 Å². The summed E-state index contributed by atoms with van der Waals surface area (Å²) in [5.41, 5.74) is 0. The number of hydrogen-bond acceptors (Lipinski definition) is 3. The Balaban J connectivity index is 2.32. The first-order valence-electron chi connectivity index (χ1n) is 8.15. The zero-order chi connectivity index (χ0) is 15.1. The second-order valence-corrected chi connectivity index (χ2v) is 6.51. The number of carbonyl (C=O) groups excluding carboxylic acids is 1. The van der Waals surface area contributed by atoms with E-state index in [0.29, 0.717) is 11.9 Å². The van der Waals surface area contributed by atoms with Crippen LogP contribution in [0.1, 0.15) is 40.5 Å². The van der Waals surface area contributed by atoms with Crippen LogP contribution in [0.3, 0.4) is 0 Å². The van der Waals surface area contributed by atoms with E-state index in [1.165, 1.54) is 0 Å². The van der Waals surface area contributed by atoms with E-state index in [0.717, 1.165) is 51.5 Å². The van der Waals surface area contributed by atoms with Gasteiger partial charge in [-0.05, 0) is 46.2 Å². The molecule has 118 valence electrons. The summed E-state index contributed by atoms with van der Waals surface area (Å²) in [4.78, 5) is 16.8. The summed E-state index contributed by atoms with van der Waals surface area (Å²) < 4.78 is 0. The second-order valence-electron chi connectivity index (χ2n) is 6.51. The quantitative estimate of drug-likeness (QED) is 0.774. The monoisotopic (exact) mass is 283 g/mol. The molecule has 0 aromatic carbocycles. The fraction of sp³-hybridized carbons (Fsp3) is 0.938. The molecule has 1 fully saturated rings. The van der Waals surface area contributed by atoms with E-state index < -0.39 is 0 Å². The zero-order valence-corrected chi connectivity index (χ0v) is 14.0. The number of amides is 1. The van der Waals surface area contributed by atoms with Crippen LogP contribution in [0.15, 0.2) is 0 Å². The van der Waals surface area contributed by atoms with Crippen LogP contribution in [0, 0.1) is 11.8 Å². The number of rotatable bonds is 7. The number of likely N-dealkylation sites (tertiary alicyclic amines) is 1. The molecule has 0 aromatic heterocycles. The number of hydrogen-bond donors (Lipinski definition) is 1. The van der Waals surface area contributed by atoms with Crippen LogP contribution < -0.4 is 5.32 Å². The van der Waals surface area contributed by atoms with E-state index in [9.17, 15) is 4.79 Å². The Morgan fingerprint density at radius 2 is 1.90 bits per heavy atom. The molecule has 1 amide bonds. The lowest BCUT2D eigenvalue weighted by atomic mass is 9.95. The second kappa shape index (κ2) is 8.63. The van der Waals surface area contributed by atoms with Crippen LogP contribution in [-0.2, 0) is 4.79 Å². The SMILES string of the molecule is CCNCC(C)C(=O)N1CCC(CN(C)C(C)C)CC1. The summed E-state index contributed by atoms with van der Waals surface area (Å²) in [5.74, 6) is 1.17. The molecule has 0 saturated carbocycles. The highest BCUT2D eigenvalue weighted by Crippen LogP contribution is 2.20. The molecule has 0 aromatic rings. The van der Waals surface area contributed by atoms with Crippen molar-refractivity contribution in [2.24, 2.45) is 11.8 Å². The first-order chi connectivity index (χ1) is 9.45. The third-order valence-electron chi connectivity index (χ3n) is 4.48. The molecule has 0 spiro atoms. The van der Waals surface area contributed by atoms with Crippen LogP contribution in [-0.4, -0.2) is 61.5 Å². The lowest BCUT2D eigenvalue weighted by molar-refractivity contribution is -0.136. The third kappa shape index (κ3) is 5.41. The average Bonchev–Trinajstić information content (AvgIpc) is 2.44. The number of piperidine rings is 1. The molecule has 1 N–H and O–H groups in total. The molecule has 0 bridgehead atoms. The largest absolute Gasteiger partial charge is 0.342 e. The van der Waals surface area contributed by atoms with Crippen LogP contribution in [0.4, 0.5) is 0 Å². The van der Waals surface area contributed by atoms with E-state index in [4.69, 9.17) is 0 Å². The van der Waals surface area contributed by atoms with Crippen LogP contribution in [0.25, 0.3) is 0 Å². The molecular formula is C16H33N3O. The number of nitrogens with zero attached hydrogens (tertiary/aromatic N) is 2. The maximum absolute atomic E-state index is 12.3. The summed E-state index contributed by atoms with van der Waals surface area (Å²) in [6.07, 6.45) is 2.30. The van der Waals surface area contributed by atoms with Gasteiger partial charge in [0, 0.05) is 38.1 Å². The molecule has 0 radical (unpaired) electrons. The van der Waals surface area contributed by atoms with Crippen molar-refractivity contribution < 1.29 is 4.79 Å². The van der Waals surface area contributed by atoms with Crippen molar-refractivity contribution in [1.82, 2.24) is 15.1 Å². The minimum Gasteiger partial charge on any atom is -0.342 e. The summed E-state index contributed by atoms with van der Waals surface area (Å²) in [7, 11) is 2.20. The Morgan fingerprint density at radius 3 is 2.40 bits per heavy atom. The molecule has 1 rings (SSSR count). The summed E-state index contributed by atoms with van der Waals surface area (Å²) in [5, 5.41) is 3.26. The van der Waals surface area contributed by atoms with Gasteiger partial charge >= 0.3 is 0 Å². The van der Waals surface area contributed by atoms with Gasteiger partial charge in [0.05, 0.1) is 0 Å². The van der Waals surface area contributed by atoms with Gasteiger partial charge in [-0.25, -0.2) is 0 Å². The van der Waals surface area contributed by atoms with Crippen molar-refractivity contribution in [2.75, 3.05) is 39.8 Å². The first-order valence-corrected chi connectivity index (χ1v) is 8.15. The predicted octanol–water partition coefficient (Wildman–Crippen LogP) is 1.81. The predicted molar refractivity (Wildman–Crippen MR) is 84.8 cm³/mol. The molecule has 1 aliphatic rings. The maximum Gasteiger partial charge on any atom is 0.226 e. The molecular weight excluding hydrogens is 250 g/mol. The lowest BCUT2D eigenvalue weighted by Crippen LogP contribution is -2.45. The highest BCUT2D eigenvalue weighted by atomic mass is 16.2. The van der Waals surface area contributed by atoms with E-state index in [2.05, 4.69) is 42.9 Å². The van der Waals surface area contributed by atoms with E-state index in [-0.39, 0.29) is 5.92 Å². The summed E-state index contributed by atoms with van der Waals surface area (Å²) in [6.45, 7) is 13.3. The minimum absolute atomic E-state index is 0.102. The number of nitrogens with one attached hydrogen (secondary N) is 1. The Labute approximate surface area is 124 Å². The average molecular weight is 283 g/mol. The normalized spacial score (nSPS) is 18.9. The lowest BCUT2D eigenvalue weighted by Gasteiger charge is -2.36. The Hall–Kier alpha value is -0.610. The molecule has 0 aliphatic carbocycles. The molecule has 1 atom stereocenters. The van der Waals surface area contributed by atoms with Crippen molar-refractivity contribution in [2.45, 2.75) is 46.6 Å². The summed E-state index contributed by atoms with van der Waals surface area (Å²) >= 11 is 0. The molecule has 20 heavy (non-hydrogen) atoms. The van der Waals surface area contributed by atoms with Gasteiger partial charge in [-0.15, -0.1) is 0 Å². The van der Waals surface area contributed by atoms with Gasteiger partial charge in [-0.3, -0.25) is 4.79 Å². The van der Waals surface area contributed by atoms with Gasteiger partial charge in [0.1, 0.15) is 0 Å². The van der Waals surface area contributed by atoms with Crippen molar-refractivity contribution in [3.05, 3.63) is 0 Å². The van der Waals surface area contributed by atoms with E-state index in [1.54, 1.807) is 0 Å². The summed E-state index contributed by atoms with van der Waals surface area (Å²) in [6, 6.07) is 0.606. The fourth-order valence-corrected chi connectivity index (χ4v) is 2.71. The number of carbonyl (C=O) groups is 1. The van der Waals surface area contributed by atoms with Gasteiger partial charge in [0.15, 0.2) is 0 Å². The molecule has 1 heterocycles. The zero-order valence-electron chi connectivity index (χ0n) is 14.0. The first kappa shape index (κ1) is 17.4. The van der Waals surface area contributed by atoms with Crippen molar-refractivity contribution >= 4 is 5.91 Å². The third-order valence-corrected chi connectivity index (χ3v) is 4.48. The van der Waals surface area contributed by atoms with Gasteiger partial charge in [-0.1, -0.05) is 13.8 Å². The van der Waals surface area contributed by atoms with E-state index in [1.807, 2.05) is 6.92 Å². The smallest absolute Gasteiger partial charge is 0.226 e. The molecule has 4 nitrogen and oxygen atoms in total. The van der Waals surface area contributed by atoms with E-state index >= 15 is 0 Å². The minimum atomic E-state index is 0.102. The van der Waals surface area contributed by atoms with Gasteiger partial charge < -0.3 is 15.1 Å². The Morgan fingerprint density at radius 1 is 1.30 bits per heavy atom. The Kier molecular flexibility index (Phi) is 7.52. The van der Waals surface area contributed by atoms with Gasteiger partial charge in [0.25, 0.3) is 0 Å². The van der Waals surface area contributed by atoms with Crippen molar-refractivity contribution in [1.29, 1.82) is 0 Å². The van der Waals surface area contributed by atoms with Crippen LogP contribution >= 0.6 is 0 Å². The van der Waals surface area contributed by atoms with Crippen molar-refractivity contribution in [3.8, 4) is 0 Å². The molecule has 1 saturated heterocycles. The van der Waals surface area contributed by atoms with Crippen LogP contribution in [0.5, 0.6) is 0 Å². The van der Waals surface area contributed by atoms with Crippen molar-refractivity contribution in [3.63, 3.8) is 0 Å². The fourth-order valence-electron chi connectivity index (χ4n) is 2.71. The maximum atomic E-state index is 12.3. The topological polar surface area (TPSA) is 35.6 Å².